The van der Waals surface area contributed by atoms with Crippen LogP contribution in [0.1, 0.15) is 5.56 Å². The topological polar surface area (TPSA) is 70.1 Å². The van der Waals surface area contributed by atoms with Gasteiger partial charge in [0.2, 0.25) is 0 Å². The highest BCUT2D eigenvalue weighted by molar-refractivity contribution is 9.10. The fourth-order valence-corrected chi connectivity index (χ4v) is 2.61. The highest BCUT2D eigenvalue weighted by atomic mass is 79.9. The second-order valence-electron chi connectivity index (χ2n) is 4.61. The molecule has 1 saturated heterocycles. The van der Waals surface area contributed by atoms with Crippen molar-refractivity contribution >= 4 is 51.2 Å². The van der Waals surface area contributed by atoms with Gasteiger partial charge in [0.1, 0.15) is 5.57 Å². The van der Waals surface area contributed by atoms with E-state index in [0.717, 1.165) is 0 Å². The summed E-state index contributed by atoms with van der Waals surface area (Å²) >= 11 is 8.30. The fraction of sp³-hybridized carbons (Fsp3) is 0.214. The van der Waals surface area contributed by atoms with Gasteiger partial charge >= 0.3 is 0 Å². The molecule has 1 heterocycles. The molecule has 1 aromatic carbocycles. The van der Waals surface area contributed by atoms with Gasteiger partial charge in [-0.2, -0.15) is 0 Å². The number of rotatable bonds is 2. The predicted molar refractivity (Wildman–Crippen MR) is 88.5 cm³/mol. The first-order valence-corrected chi connectivity index (χ1v) is 7.36. The number of thiocarbonyl (C=S) groups is 1. The van der Waals surface area contributed by atoms with E-state index in [2.05, 4.69) is 15.9 Å². The molecule has 2 rings (SSSR count). The predicted octanol–water partition coefficient (Wildman–Crippen LogP) is 1.76. The number of halogens is 1. The Morgan fingerprint density at radius 1 is 1.23 bits per heavy atom. The summed E-state index contributed by atoms with van der Waals surface area (Å²) in [6.07, 6.45) is 1.32. The fourth-order valence-electron chi connectivity index (χ4n) is 1.99. The zero-order valence-electron chi connectivity index (χ0n) is 12.1. The number of hydrogen-bond donors (Lipinski definition) is 1. The van der Waals surface area contributed by atoms with Crippen molar-refractivity contribution < 1.29 is 19.4 Å². The highest BCUT2D eigenvalue weighted by Gasteiger charge is 2.35. The van der Waals surface area contributed by atoms with Crippen molar-refractivity contribution in [1.29, 1.82) is 0 Å². The van der Waals surface area contributed by atoms with Gasteiger partial charge in [0.15, 0.2) is 16.6 Å². The average Bonchev–Trinajstić information content (AvgIpc) is 2.50. The molecule has 0 saturated carbocycles. The zero-order chi connectivity index (χ0) is 16.6. The van der Waals surface area contributed by atoms with Crippen molar-refractivity contribution in [2.45, 2.75) is 0 Å². The third-order valence-electron chi connectivity index (χ3n) is 3.23. The van der Waals surface area contributed by atoms with Crippen LogP contribution in [0.2, 0.25) is 0 Å². The number of benzene rings is 1. The van der Waals surface area contributed by atoms with Crippen LogP contribution in [0, 0.1) is 0 Å². The summed E-state index contributed by atoms with van der Waals surface area (Å²) < 4.78 is 5.69. The van der Waals surface area contributed by atoms with Crippen molar-refractivity contribution in [3.63, 3.8) is 0 Å². The molecule has 1 N–H and O–H groups in total. The summed E-state index contributed by atoms with van der Waals surface area (Å²) in [5.41, 5.74) is 0.201. The first-order valence-electron chi connectivity index (χ1n) is 6.16. The quantitative estimate of drug-likeness (QED) is 0.477. The van der Waals surface area contributed by atoms with Crippen molar-refractivity contribution in [2.24, 2.45) is 0 Å². The van der Waals surface area contributed by atoms with E-state index in [0.29, 0.717) is 4.47 Å². The van der Waals surface area contributed by atoms with Crippen LogP contribution in [0.15, 0.2) is 22.2 Å². The Kier molecular flexibility index (Phi) is 4.52. The molecule has 1 aliphatic rings. The van der Waals surface area contributed by atoms with E-state index in [9.17, 15) is 14.7 Å². The minimum atomic E-state index is -0.522. The maximum absolute atomic E-state index is 12.2. The average molecular weight is 385 g/mol. The third-order valence-corrected chi connectivity index (χ3v) is 4.24. The van der Waals surface area contributed by atoms with Crippen LogP contribution in [0.3, 0.4) is 0 Å². The molecule has 22 heavy (non-hydrogen) atoms. The summed E-state index contributed by atoms with van der Waals surface area (Å²) in [6.45, 7) is 0. The third kappa shape index (κ3) is 2.71. The van der Waals surface area contributed by atoms with Crippen molar-refractivity contribution in [3.05, 3.63) is 27.7 Å². The van der Waals surface area contributed by atoms with Crippen LogP contribution < -0.4 is 4.74 Å². The van der Waals surface area contributed by atoms with Gasteiger partial charge in [-0.1, -0.05) is 15.9 Å². The van der Waals surface area contributed by atoms with E-state index in [-0.39, 0.29) is 27.7 Å². The molecule has 1 aliphatic heterocycles. The molecule has 1 fully saturated rings. The summed E-state index contributed by atoms with van der Waals surface area (Å²) in [7, 11) is 4.39. The standard InChI is InChI=1S/C14H13BrN2O4S/c1-16-12(19)9(13(20)17(2)14(16)22)5-7-4-8(15)6-10(21-3)11(7)18/h4-6,18H,1-3H3. The minimum Gasteiger partial charge on any atom is -0.504 e. The Morgan fingerprint density at radius 3 is 2.27 bits per heavy atom. The van der Waals surface area contributed by atoms with E-state index in [1.807, 2.05) is 0 Å². The lowest BCUT2D eigenvalue weighted by atomic mass is 10.1. The minimum absolute atomic E-state index is 0.0888. The SMILES string of the molecule is COc1cc(Br)cc(C=C2C(=O)N(C)C(=S)N(C)C2=O)c1O. The van der Waals surface area contributed by atoms with Crippen LogP contribution >= 0.6 is 28.1 Å². The number of likely N-dealkylation sites (N-methyl/N-ethyl adjacent to an activating group) is 2. The molecule has 2 amide bonds. The maximum Gasteiger partial charge on any atom is 0.265 e. The number of hydrogen-bond acceptors (Lipinski definition) is 5. The zero-order valence-corrected chi connectivity index (χ0v) is 14.5. The monoisotopic (exact) mass is 384 g/mol. The summed E-state index contributed by atoms with van der Waals surface area (Å²) in [5.74, 6) is -0.968. The van der Waals surface area contributed by atoms with E-state index >= 15 is 0 Å². The van der Waals surface area contributed by atoms with Gasteiger partial charge < -0.3 is 9.84 Å². The van der Waals surface area contributed by atoms with E-state index in [1.165, 1.54) is 37.1 Å². The molecule has 6 nitrogen and oxygen atoms in total. The Bertz CT molecular complexity index is 691. The summed E-state index contributed by atoms with van der Waals surface area (Å²) in [4.78, 5) is 26.9. The van der Waals surface area contributed by atoms with Gasteiger partial charge in [-0.25, -0.2) is 0 Å². The van der Waals surface area contributed by atoms with Crippen molar-refractivity contribution in [3.8, 4) is 11.5 Å². The molecule has 116 valence electrons. The Labute approximate surface area is 141 Å². The number of ether oxygens (including phenoxy) is 1. The molecule has 0 aromatic heterocycles. The first kappa shape index (κ1) is 16.4. The van der Waals surface area contributed by atoms with Crippen LogP contribution in [0.4, 0.5) is 0 Å². The van der Waals surface area contributed by atoms with Gasteiger partial charge in [-0.05, 0) is 30.4 Å². The van der Waals surface area contributed by atoms with Crippen LogP contribution in [-0.4, -0.2) is 53.0 Å². The number of phenolic OH excluding ortho intramolecular Hbond substituents is 1. The van der Waals surface area contributed by atoms with Crippen LogP contribution in [-0.2, 0) is 9.59 Å². The largest absolute Gasteiger partial charge is 0.504 e. The first-order chi connectivity index (χ1) is 10.3. The second-order valence-corrected chi connectivity index (χ2v) is 5.90. The molecule has 1 aromatic rings. The molecule has 0 aliphatic carbocycles. The number of aromatic hydroxyl groups is 1. The second kappa shape index (κ2) is 6.05. The van der Waals surface area contributed by atoms with Gasteiger partial charge in [0.25, 0.3) is 11.8 Å². The highest BCUT2D eigenvalue weighted by Crippen LogP contribution is 2.35. The number of carbonyl (C=O) groups excluding carboxylic acids is 2. The van der Waals surface area contributed by atoms with E-state index in [4.69, 9.17) is 17.0 Å². The van der Waals surface area contributed by atoms with Crippen molar-refractivity contribution in [2.75, 3.05) is 21.2 Å². The smallest absolute Gasteiger partial charge is 0.265 e. The van der Waals surface area contributed by atoms with E-state index < -0.39 is 11.8 Å². The molecule has 0 atom stereocenters. The molecule has 8 heteroatoms. The molecular formula is C14H13BrN2O4S. The van der Waals surface area contributed by atoms with Gasteiger partial charge in [0, 0.05) is 24.1 Å². The van der Waals surface area contributed by atoms with Gasteiger partial charge in [-0.15, -0.1) is 0 Å². The number of phenols is 1. The molecule has 0 bridgehead atoms. The van der Waals surface area contributed by atoms with Crippen LogP contribution in [0.5, 0.6) is 11.5 Å². The number of carbonyl (C=O) groups is 2. The van der Waals surface area contributed by atoms with Gasteiger partial charge in [0.05, 0.1) is 7.11 Å². The Hall–Kier alpha value is -1.93. The van der Waals surface area contributed by atoms with Gasteiger partial charge in [-0.3, -0.25) is 19.4 Å². The van der Waals surface area contributed by atoms with Crippen LogP contribution in [0.25, 0.3) is 6.08 Å². The lowest BCUT2D eigenvalue weighted by molar-refractivity contribution is -0.132. The number of amides is 2. The van der Waals surface area contributed by atoms with Crippen molar-refractivity contribution in [1.82, 2.24) is 9.80 Å². The number of nitrogens with zero attached hydrogens (tertiary/aromatic N) is 2. The Morgan fingerprint density at radius 2 is 1.77 bits per heavy atom. The molecular weight excluding hydrogens is 372 g/mol. The summed E-state index contributed by atoms with van der Waals surface area (Å²) in [6, 6.07) is 3.16. The maximum atomic E-state index is 12.2. The lowest BCUT2D eigenvalue weighted by Gasteiger charge is -2.31. The lowest BCUT2D eigenvalue weighted by Crippen LogP contribution is -2.52. The normalized spacial score (nSPS) is 15.5. The molecule has 0 radical (unpaired) electrons. The summed E-state index contributed by atoms with van der Waals surface area (Å²) in [5, 5.41) is 10.3. The molecule has 0 spiro atoms. The number of methoxy groups -OCH3 is 1. The molecule has 0 unspecified atom stereocenters. The van der Waals surface area contributed by atoms with E-state index in [1.54, 1.807) is 12.1 Å². The Balaban J connectivity index is 2.57.